The van der Waals surface area contributed by atoms with Crippen LogP contribution in [-0.4, -0.2) is 22.7 Å². The number of hydrogen-bond acceptors (Lipinski definition) is 5. The van der Waals surface area contributed by atoms with Crippen LogP contribution in [0.15, 0.2) is 45.7 Å². The minimum Gasteiger partial charge on any atom is -0.462 e. The Labute approximate surface area is 136 Å². The molecule has 0 saturated carbocycles. The second-order valence-electron chi connectivity index (χ2n) is 4.90. The van der Waals surface area contributed by atoms with Crippen molar-refractivity contribution in [2.45, 2.75) is 6.92 Å². The number of carbonyl (C=O) groups excluding carboxylic acids is 2. The number of amides is 2. The number of aryl methyl sites for hydroxylation is 1. The van der Waals surface area contributed by atoms with Crippen molar-refractivity contribution in [3.05, 3.63) is 58.6 Å². The van der Waals surface area contributed by atoms with Crippen molar-refractivity contribution in [2.75, 3.05) is 12.0 Å². The Balaban J connectivity index is 1.70. The SMILES string of the molecule is Cc1ccc(/C=C2/SC(=O)N(CNc3cccc(F)c3)C2=O)o1. The summed E-state index contributed by atoms with van der Waals surface area (Å²) in [7, 11) is 0. The molecule has 23 heavy (non-hydrogen) atoms. The zero-order valence-electron chi connectivity index (χ0n) is 12.2. The van der Waals surface area contributed by atoms with Crippen molar-refractivity contribution in [1.29, 1.82) is 0 Å². The molecule has 1 aliphatic heterocycles. The molecule has 1 N–H and O–H groups in total. The first kappa shape index (κ1) is 15.4. The number of thioether (sulfide) groups is 1. The van der Waals surface area contributed by atoms with Gasteiger partial charge in [-0.15, -0.1) is 0 Å². The van der Waals surface area contributed by atoms with Gasteiger partial charge in [0, 0.05) is 11.8 Å². The van der Waals surface area contributed by atoms with Crippen LogP contribution in [0.3, 0.4) is 0 Å². The van der Waals surface area contributed by atoms with Gasteiger partial charge in [-0.25, -0.2) is 4.39 Å². The molecule has 2 heterocycles. The minimum absolute atomic E-state index is 0.0252. The van der Waals surface area contributed by atoms with E-state index in [-0.39, 0.29) is 11.9 Å². The molecule has 2 aromatic rings. The molecular weight excluding hydrogens is 319 g/mol. The van der Waals surface area contributed by atoms with Gasteiger partial charge in [-0.05, 0) is 49.0 Å². The standard InChI is InChI=1S/C16H13FN2O3S/c1-10-5-6-13(22-10)8-14-15(20)19(16(21)23-14)9-18-12-4-2-3-11(17)7-12/h2-8,18H,9H2,1H3/b14-8+. The van der Waals surface area contributed by atoms with E-state index < -0.39 is 11.7 Å². The van der Waals surface area contributed by atoms with Crippen molar-refractivity contribution in [3.8, 4) is 0 Å². The maximum absolute atomic E-state index is 13.1. The lowest BCUT2D eigenvalue weighted by atomic mass is 10.3. The number of furan rings is 1. The molecule has 5 nitrogen and oxygen atoms in total. The van der Waals surface area contributed by atoms with Crippen LogP contribution in [-0.2, 0) is 4.79 Å². The van der Waals surface area contributed by atoms with Gasteiger partial charge in [0.15, 0.2) is 0 Å². The number of imide groups is 1. The Morgan fingerprint density at radius 2 is 2.13 bits per heavy atom. The Morgan fingerprint density at radius 3 is 2.83 bits per heavy atom. The number of nitrogens with one attached hydrogen (secondary N) is 1. The van der Waals surface area contributed by atoms with Gasteiger partial charge < -0.3 is 9.73 Å². The summed E-state index contributed by atoms with van der Waals surface area (Å²) in [6, 6.07) is 9.32. The van der Waals surface area contributed by atoms with E-state index in [1.165, 1.54) is 12.1 Å². The molecule has 2 amide bonds. The monoisotopic (exact) mass is 332 g/mol. The number of halogens is 1. The lowest BCUT2D eigenvalue weighted by molar-refractivity contribution is -0.122. The van der Waals surface area contributed by atoms with Gasteiger partial charge in [0.2, 0.25) is 0 Å². The largest absolute Gasteiger partial charge is 0.462 e. The fraction of sp³-hybridized carbons (Fsp3) is 0.125. The lowest BCUT2D eigenvalue weighted by Gasteiger charge is -2.14. The first-order chi connectivity index (χ1) is 11.0. The van der Waals surface area contributed by atoms with Crippen LogP contribution < -0.4 is 5.32 Å². The van der Waals surface area contributed by atoms with E-state index in [0.29, 0.717) is 16.4 Å². The third-order valence-corrected chi connectivity index (χ3v) is 4.08. The van der Waals surface area contributed by atoms with Crippen LogP contribution in [0.1, 0.15) is 11.5 Å². The van der Waals surface area contributed by atoms with Crippen molar-refractivity contribution >= 4 is 34.7 Å². The van der Waals surface area contributed by atoms with Gasteiger partial charge in [0.05, 0.1) is 11.6 Å². The van der Waals surface area contributed by atoms with Crippen LogP contribution >= 0.6 is 11.8 Å². The average molecular weight is 332 g/mol. The highest BCUT2D eigenvalue weighted by molar-refractivity contribution is 8.18. The molecule has 118 valence electrons. The van der Waals surface area contributed by atoms with Crippen LogP contribution in [0.5, 0.6) is 0 Å². The molecule has 1 aliphatic rings. The van der Waals surface area contributed by atoms with E-state index in [1.54, 1.807) is 37.3 Å². The molecule has 1 saturated heterocycles. The van der Waals surface area contributed by atoms with Gasteiger partial charge in [0.25, 0.3) is 11.1 Å². The quantitative estimate of drug-likeness (QED) is 0.862. The van der Waals surface area contributed by atoms with Gasteiger partial charge in [-0.1, -0.05) is 6.07 Å². The van der Waals surface area contributed by atoms with Crippen molar-refractivity contribution in [1.82, 2.24) is 4.90 Å². The van der Waals surface area contributed by atoms with E-state index in [9.17, 15) is 14.0 Å². The van der Waals surface area contributed by atoms with Gasteiger partial charge in [-0.3, -0.25) is 14.5 Å². The summed E-state index contributed by atoms with van der Waals surface area (Å²) < 4.78 is 18.5. The first-order valence-electron chi connectivity index (χ1n) is 6.84. The van der Waals surface area contributed by atoms with E-state index in [1.807, 2.05) is 0 Å². The number of benzene rings is 1. The number of anilines is 1. The van der Waals surface area contributed by atoms with Crippen LogP contribution in [0.2, 0.25) is 0 Å². The van der Waals surface area contributed by atoms with Gasteiger partial charge >= 0.3 is 0 Å². The van der Waals surface area contributed by atoms with Gasteiger partial charge in [0.1, 0.15) is 17.3 Å². The summed E-state index contributed by atoms with van der Waals surface area (Å²) >= 11 is 0.849. The molecule has 0 unspecified atom stereocenters. The Morgan fingerprint density at radius 1 is 1.30 bits per heavy atom. The molecule has 1 aromatic heterocycles. The maximum Gasteiger partial charge on any atom is 0.295 e. The molecule has 1 fully saturated rings. The van der Waals surface area contributed by atoms with E-state index in [0.717, 1.165) is 22.4 Å². The highest BCUT2D eigenvalue weighted by Crippen LogP contribution is 2.32. The molecule has 0 radical (unpaired) electrons. The van der Waals surface area contributed by atoms with Crippen molar-refractivity contribution in [2.24, 2.45) is 0 Å². The van der Waals surface area contributed by atoms with Crippen LogP contribution in [0, 0.1) is 12.7 Å². The predicted molar refractivity (Wildman–Crippen MR) is 86.1 cm³/mol. The Hall–Kier alpha value is -2.54. The zero-order valence-corrected chi connectivity index (χ0v) is 13.0. The van der Waals surface area contributed by atoms with E-state index >= 15 is 0 Å². The third-order valence-electron chi connectivity index (χ3n) is 3.17. The number of rotatable bonds is 4. The van der Waals surface area contributed by atoms with E-state index in [2.05, 4.69) is 5.32 Å². The number of hydrogen-bond donors (Lipinski definition) is 1. The molecule has 0 bridgehead atoms. The Kier molecular flexibility index (Phi) is 4.20. The highest BCUT2D eigenvalue weighted by Gasteiger charge is 2.35. The summed E-state index contributed by atoms with van der Waals surface area (Å²) in [5.74, 6) is 0.449. The summed E-state index contributed by atoms with van der Waals surface area (Å²) in [5.41, 5.74) is 0.495. The van der Waals surface area contributed by atoms with Crippen LogP contribution in [0.4, 0.5) is 14.9 Å². The first-order valence-corrected chi connectivity index (χ1v) is 7.66. The molecular formula is C16H13FN2O3S. The highest BCUT2D eigenvalue weighted by atomic mass is 32.2. The smallest absolute Gasteiger partial charge is 0.295 e. The average Bonchev–Trinajstić information content (AvgIpc) is 3.02. The number of nitrogens with zero attached hydrogens (tertiary/aromatic N) is 1. The lowest BCUT2D eigenvalue weighted by Crippen LogP contribution is -2.33. The second-order valence-corrected chi connectivity index (χ2v) is 5.90. The maximum atomic E-state index is 13.1. The molecule has 3 rings (SSSR count). The topological polar surface area (TPSA) is 62.6 Å². The van der Waals surface area contributed by atoms with Crippen LogP contribution in [0.25, 0.3) is 6.08 Å². The van der Waals surface area contributed by atoms with Crippen molar-refractivity contribution < 1.29 is 18.4 Å². The second kappa shape index (κ2) is 6.29. The summed E-state index contributed by atoms with van der Waals surface area (Å²) in [6.45, 7) is 1.77. The molecule has 1 aromatic carbocycles. The summed E-state index contributed by atoms with van der Waals surface area (Å²) in [6.07, 6.45) is 1.54. The molecule has 7 heteroatoms. The summed E-state index contributed by atoms with van der Waals surface area (Å²) in [5, 5.41) is 2.48. The summed E-state index contributed by atoms with van der Waals surface area (Å²) in [4.78, 5) is 25.6. The molecule has 0 spiro atoms. The fourth-order valence-electron chi connectivity index (χ4n) is 2.07. The van der Waals surface area contributed by atoms with Gasteiger partial charge in [-0.2, -0.15) is 0 Å². The molecule has 0 atom stereocenters. The molecule has 0 aliphatic carbocycles. The van der Waals surface area contributed by atoms with Crippen molar-refractivity contribution in [3.63, 3.8) is 0 Å². The third kappa shape index (κ3) is 3.45. The zero-order chi connectivity index (χ0) is 16.4. The predicted octanol–water partition coefficient (Wildman–Crippen LogP) is 3.83. The number of carbonyl (C=O) groups is 2. The normalized spacial score (nSPS) is 16.4. The fourth-order valence-corrected chi connectivity index (χ4v) is 2.88. The minimum atomic E-state index is -0.405. The Bertz CT molecular complexity index is 800. The van der Waals surface area contributed by atoms with E-state index in [4.69, 9.17) is 4.42 Å².